The van der Waals surface area contributed by atoms with E-state index < -0.39 is 0 Å². The van der Waals surface area contributed by atoms with Crippen LogP contribution in [0.15, 0.2) is 29.7 Å². The largest absolute Gasteiger partial charge is 0.438 e. The van der Waals surface area contributed by atoms with Gasteiger partial charge in [-0.05, 0) is 12.1 Å². The van der Waals surface area contributed by atoms with E-state index >= 15 is 0 Å². The molecule has 1 heterocycles. The van der Waals surface area contributed by atoms with Crippen molar-refractivity contribution in [3.8, 4) is 17.7 Å². The number of hydrogen-bond donors (Lipinski definition) is 1. The lowest BCUT2D eigenvalue weighted by Crippen LogP contribution is -2.02. The number of halogens is 1. The molecule has 0 aliphatic carbocycles. The van der Waals surface area contributed by atoms with Crippen molar-refractivity contribution < 1.29 is 9.57 Å². The van der Waals surface area contributed by atoms with E-state index in [1.54, 1.807) is 12.1 Å². The van der Waals surface area contributed by atoms with Crippen LogP contribution in [0.4, 0.5) is 5.82 Å². The first-order valence-electron chi connectivity index (χ1n) is 5.70. The monoisotopic (exact) mass is 303 g/mol. The molecular weight excluding hydrogens is 294 g/mol. The van der Waals surface area contributed by atoms with Crippen molar-refractivity contribution >= 4 is 23.6 Å². The Morgan fingerprint density at radius 3 is 2.90 bits per heavy atom. The van der Waals surface area contributed by atoms with Crippen molar-refractivity contribution in [2.24, 2.45) is 5.16 Å². The highest BCUT2D eigenvalue weighted by molar-refractivity contribution is 6.31. The van der Waals surface area contributed by atoms with Crippen LogP contribution in [-0.4, -0.2) is 23.3 Å². The summed E-state index contributed by atoms with van der Waals surface area (Å²) in [6, 6.07) is 6.62. The molecule has 0 spiro atoms. The van der Waals surface area contributed by atoms with E-state index in [0.717, 1.165) is 0 Å². The van der Waals surface area contributed by atoms with Gasteiger partial charge in [-0.15, -0.1) is 0 Å². The molecule has 2 N–H and O–H groups in total. The second kappa shape index (κ2) is 6.54. The molecule has 0 fully saturated rings. The van der Waals surface area contributed by atoms with Crippen molar-refractivity contribution in [3.63, 3.8) is 0 Å². The molecule has 106 valence electrons. The number of rotatable bonds is 4. The topological polar surface area (TPSA) is 106 Å². The summed E-state index contributed by atoms with van der Waals surface area (Å²) in [5.41, 5.74) is 6.47. The molecular formula is C13H10ClN5O2. The first-order chi connectivity index (χ1) is 10.2. The Kier molecular flexibility index (Phi) is 4.53. The third kappa shape index (κ3) is 3.38. The summed E-state index contributed by atoms with van der Waals surface area (Å²) in [6.45, 7) is 0. The standard InChI is InChI=1S/C13H10ClN5O2/c1-20-19-6-10-12(16)17-7-18-13(10)21-9-3-2-8(5-15)11(14)4-9/h2-4,6-7H,1H3,(H2,16,17,18)/b19-6+. The van der Waals surface area contributed by atoms with Gasteiger partial charge in [0.2, 0.25) is 5.88 Å². The third-order valence-corrected chi connectivity index (χ3v) is 2.75. The van der Waals surface area contributed by atoms with Crippen molar-refractivity contribution in [2.45, 2.75) is 0 Å². The van der Waals surface area contributed by atoms with Crippen LogP contribution < -0.4 is 10.5 Å². The van der Waals surface area contributed by atoms with Gasteiger partial charge in [0, 0.05) is 6.07 Å². The van der Waals surface area contributed by atoms with Crippen molar-refractivity contribution in [2.75, 3.05) is 12.8 Å². The van der Waals surface area contributed by atoms with Crippen LogP contribution in [0.5, 0.6) is 11.6 Å². The second-order valence-corrected chi connectivity index (χ2v) is 4.16. The smallest absolute Gasteiger partial charge is 0.233 e. The van der Waals surface area contributed by atoms with E-state index in [-0.39, 0.29) is 16.7 Å². The Morgan fingerprint density at radius 1 is 1.43 bits per heavy atom. The summed E-state index contributed by atoms with van der Waals surface area (Å²) >= 11 is 5.94. The predicted molar refractivity (Wildman–Crippen MR) is 77.3 cm³/mol. The molecule has 0 atom stereocenters. The highest BCUT2D eigenvalue weighted by Crippen LogP contribution is 2.28. The van der Waals surface area contributed by atoms with Crippen LogP contribution in [0.1, 0.15) is 11.1 Å². The van der Waals surface area contributed by atoms with Crippen molar-refractivity contribution in [1.82, 2.24) is 9.97 Å². The SMILES string of the molecule is CO/N=C/c1c(N)ncnc1Oc1ccc(C#N)c(Cl)c1. The van der Waals surface area contributed by atoms with Crippen LogP contribution in [0.2, 0.25) is 5.02 Å². The molecule has 0 aliphatic rings. The summed E-state index contributed by atoms with van der Waals surface area (Å²) in [5.74, 6) is 0.800. The molecule has 7 nitrogen and oxygen atoms in total. The average molecular weight is 304 g/mol. The van der Waals surface area contributed by atoms with Crippen LogP contribution >= 0.6 is 11.6 Å². The number of anilines is 1. The zero-order chi connectivity index (χ0) is 15.2. The summed E-state index contributed by atoms with van der Waals surface area (Å²) in [6.07, 6.45) is 2.61. The minimum atomic E-state index is 0.195. The van der Waals surface area contributed by atoms with Crippen LogP contribution in [-0.2, 0) is 4.84 Å². The second-order valence-electron chi connectivity index (χ2n) is 3.75. The Bertz CT molecular complexity index is 727. The number of benzene rings is 1. The van der Waals surface area contributed by atoms with Gasteiger partial charge in [-0.25, -0.2) is 9.97 Å². The van der Waals surface area contributed by atoms with Crippen LogP contribution in [0, 0.1) is 11.3 Å². The molecule has 1 aromatic carbocycles. The average Bonchev–Trinajstić information content (AvgIpc) is 2.47. The molecule has 1 aromatic heterocycles. The van der Waals surface area contributed by atoms with E-state index in [1.165, 1.54) is 25.7 Å². The Balaban J connectivity index is 2.36. The zero-order valence-electron chi connectivity index (χ0n) is 10.9. The minimum Gasteiger partial charge on any atom is -0.438 e. The molecule has 0 bridgehead atoms. The fourth-order valence-electron chi connectivity index (χ4n) is 1.46. The third-order valence-electron chi connectivity index (χ3n) is 2.44. The maximum atomic E-state index is 8.83. The van der Waals surface area contributed by atoms with Crippen molar-refractivity contribution in [1.29, 1.82) is 5.26 Å². The lowest BCUT2D eigenvalue weighted by Gasteiger charge is -2.08. The summed E-state index contributed by atoms with van der Waals surface area (Å²) in [7, 11) is 1.40. The number of nitrogens with two attached hydrogens (primary N) is 1. The van der Waals surface area contributed by atoms with E-state index in [4.69, 9.17) is 27.3 Å². The van der Waals surface area contributed by atoms with E-state index in [1.807, 2.05) is 6.07 Å². The number of ether oxygens (including phenoxy) is 1. The highest BCUT2D eigenvalue weighted by Gasteiger charge is 2.11. The van der Waals surface area contributed by atoms with Gasteiger partial charge in [0.1, 0.15) is 36.6 Å². The van der Waals surface area contributed by atoms with Gasteiger partial charge < -0.3 is 15.3 Å². The molecule has 2 aromatic rings. The Hall–Kier alpha value is -2.85. The molecule has 2 rings (SSSR count). The number of hydrogen-bond acceptors (Lipinski definition) is 7. The molecule has 0 saturated heterocycles. The molecule has 0 saturated carbocycles. The van der Waals surface area contributed by atoms with E-state index in [0.29, 0.717) is 16.9 Å². The van der Waals surface area contributed by atoms with Gasteiger partial charge in [-0.3, -0.25) is 0 Å². The summed E-state index contributed by atoms with van der Waals surface area (Å²) in [4.78, 5) is 12.4. The highest BCUT2D eigenvalue weighted by atomic mass is 35.5. The normalized spacial score (nSPS) is 10.3. The predicted octanol–water partition coefficient (Wildman–Crippen LogP) is 2.36. The van der Waals surface area contributed by atoms with Crippen LogP contribution in [0.3, 0.4) is 0 Å². The number of nitriles is 1. The molecule has 21 heavy (non-hydrogen) atoms. The van der Waals surface area contributed by atoms with Gasteiger partial charge in [0.05, 0.1) is 16.8 Å². The number of nitrogen functional groups attached to an aromatic ring is 1. The lowest BCUT2D eigenvalue weighted by molar-refractivity contribution is 0.215. The number of nitrogens with zero attached hydrogens (tertiary/aromatic N) is 4. The molecule has 0 unspecified atom stereocenters. The first-order valence-corrected chi connectivity index (χ1v) is 6.08. The van der Waals surface area contributed by atoms with Crippen LogP contribution in [0.25, 0.3) is 0 Å². The van der Waals surface area contributed by atoms with Gasteiger partial charge in [0.15, 0.2) is 0 Å². The van der Waals surface area contributed by atoms with Gasteiger partial charge >= 0.3 is 0 Å². The van der Waals surface area contributed by atoms with Gasteiger partial charge in [-0.1, -0.05) is 16.8 Å². The maximum absolute atomic E-state index is 8.83. The minimum absolute atomic E-state index is 0.195. The molecule has 8 heteroatoms. The molecule has 0 aliphatic heterocycles. The molecule has 0 radical (unpaired) electrons. The summed E-state index contributed by atoms with van der Waals surface area (Å²) < 4.78 is 5.60. The Morgan fingerprint density at radius 2 is 2.24 bits per heavy atom. The molecule has 0 amide bonds. The lowest BCUT2D eigenvalue weighted by atomic mass is 10.2. The van der Waals surface area contributed by atoms with E-state index in [9.17, 15) is 0 Å². The fourth-order valence-corrected chi connectivity index (χ4v) is 1.67. The van der Waals surface area contributed by atoms with Gasteiger partial charge in [0.25, 0.3) is 0 Å². The maximum Gasteiger partial charge on any atom is 0.233 e. The Labute approximate surface area is 125 Å². The van der Waals surface area contributed by atoms with Gasteiger partial charge in [-0.2, -0.15) is 5.26 Å². The number of aromatic nitrogens is 2. The quantitative estimate of drug-likeness (QED) is 0.686. The van der Waals surface area contributed by atoms with Crippen molar-refractivity contribution in [3.05, 3.63) is 40.7 Å². The summed E-state index contributed by atoms with van der Waals surface area (Å²) in [5, 5.41) is 12.7. The first kappa shape index (κ1) is 14.6. The van der Waals surface area contributed by atoms with E-state index in [2.05, 4.69) is 20.0 Å². The fraction of sp³-hybridized carbons (Fsp3) is 0.0769. The zero-order valence-corrected chi connectivity index (χ0v) is 11.7. The number of oxime groups is 1.